The van der Waals surface area contributed by atoms with Crippen molar-refractivity contribution in [3.63, 3.8) is 0 Å². The molecule has 4 rings (SSSR count). The zero-order chi connectivity index (χ0) is 15.1. The van der Waals surface area contributed by atoms with Gasteiger partial charge in [0.1, 0.15) is 0 Å². The molecule has 6 heteroatoms. The molecule has 1 aromatic heterocycles. The number of rotatable bonds is 3. The maximum absolute atomic E-state index is 12.6. The largest absolute Gasteiger partial charge is 0.336 e. The Bertz CT molecular complexity index is 710. The highest BCUT2D eigenvalue weighted by molar-refractivity contribution is 9.10. The average Bonchev–Trinajstić information content (AvgIpc) is 3.06. The number of likely N-dealkylation sites (tertiary alicyclic amines) is 1. The van der Waals surface area contributed by atoms with E-state index in [0.717, 1.165) is 28.7 Å². The van der Waals surface area contributed by atoms with E-state index in [9.17, 15) is 4.79 Å². The fraction of sp³-hybridized carbons (Fsp3) is 0.438. The standard InChI is InChI=1S/C16H17BrN4O/c17-13-3-1-2-12(8-13)16(22)20-7-6-14(9-20)21-10-15(18-19-21)11-4-5-11/h1-3,8,10-11,14H,4-7,9H2. The summed E-state index contributed by atoms with van der Waals surface area (Å²) in [6, 6.07) is 7.80. The van der Waals surface area contributed by atoms with E-state index in [4.69, 9.17) is 0 Å². The Hall–Kier alpha value is -1.69. The zero-order valence-corrected chi connectivity index (χ0v) is 13.7. The topological polar surface area (TPSA) is 51.0 Å². The van der Waals surface area contributed by atoms with Gasteiger partial charge in [0.15, 0.2) is 0 Å². The minimum atomic E-state index is 0.0892. The first-order valence-corrected chi connectivity index (χ1v) is 8.46. The van der Waals surface area contributed by atoms with Crippen LogP contribution in [0.15, 0.2) is 34.9 Å². The second kappa shape index (κ2) is 5.50. The van der Waals surface area contributed by atoms with Crippen LogP contribution in [0.2, 0.25) is 0 Å². The van der Waals surface area contributed by atoms with E-state index in [2.05, 4.69) is 32.4 Å². The van der Waals surface area contributed by atoms with Gasteiger partial charge < -0.3 is 4.90 Å². The Labute approximate surface area is 137 Å². The summed E-state index contributed by atoms with van der Waals surface area (Å²) in [7, 11) is 0. The molecular weight excluding hydrogens is 344 g/mol. The van der Waals surface area contributed by atoms with Crippen molar-refractivity contribution in [1.29, 1.82) is 0 Å². The van der Waals surface area contributed by atoms with Crippen molar-refractivity contribution in [2.45, 2.75) is 31.2 Å². The van der Waals surface area contributed by atoms with Crippen LogP contribution in [0.5, 0.6) is 0 Å². The van der Waals surface area contributed by atoms with Crippen molar-refractivity contribution in [3.8, 4) is 0 Å². The number of hydrogen-bond acceptors (Lipinski definition) is 3. The molecule has 2 heterocycles. The van der Waals surface area contributed by atoms with Crippen molar-refractivity contribution in [2.24, 2.45) is 0 Å². The van der Waals surface area contributed by atoms with Gasteiger partial charge >= 0.3 is 0 Å². The molecule has 0 bridgehead atoms. The summed E-state index contributed by atoms with van der Waals surface area (Å²) in [6.45, 7) is 1.48. The number of carbonyl (C=O) groups excluding carboxylic acids is 1. The molecule has 1 atom stereocenters. The van der Waals surface area contributed by atoms with Gasteiger partial charge in [-0.2, -0.15) is 0 Å². The van der Waals surface area contributed by atoms with Crippen LogP contribution in [-0.2, 0) is 0 Å². The molecule has 1 amide bonds. The second-order valence-corrected chi connectivity index (χ2v) is 7.02. The monoisotopic (exact) mass is 360 g/mol. The van der Waals surface area contributed by atoms with Crippen molar-refractivity contribution < 1.29 is 4.79 Å². The Morgan fingerprint density at radius 3 is 2.91 bits per heavy atom. The van der Waals surface area contributed by atoms with E-state index < -0.39 is 0 Å². The van der Waals surface area contributed by atoms with Gasteiger partial charge in [-0.3, -0.25) is 4.79 Å². The number of carbonyl (C=O) groups is 1. The molecule has 2 fully saturated rings. The normalized spacial score (nSPS) is 21.3. The minimum absolute atomic E-state index is 0.0892. The van der Waals surface area contributed by atoms with E-state index in [-0.39, 0.29) is 11.9 Å². The van der Waals surface area contributed by atoms with E-state index >= 15 is 0 Å². The number of benzene rings is 1. The third kappa shape index (κ3) is 2.67. The van der Waals surface area contributed by atoms with Crippen LogP contribution in [0.1, 0.15) is 47.3 Å². The summed E-state index contributed by atoms with van der Waals surface area (Å²) < 4.78 is 2.88. The number of hydrogen-bond donors (Lipinski definition) is 0. The van der Waals surface area contributed by atoms with Gasteiger partial charge in [0.05, 0.1) is 11.7 Å². The second-order valence-electron chi connectivity index (χ2n) is 6.10. The van der Waals surface area contributed by atoms with Crippen LogP contribution in [0.4, 0.5) is 0 Å². The van der Waals surface area contributed by atoms with Crippen LogP contribution in [0.3, 0.4) is 0 Å². The Balaban J connectivity index is 1.46. The van der Waals surface area contributed by atoms with Crippen LogP contribution in [0, 0.1) is 0 Å². The Morgan fingerprint density at radius 2 is 2.14 bits per heavy atom. The van der Waals surface area contributed by atoms with E-state index in [1.165, 1.54) is 12.8 Å². The highest BCUT2D eigenvalue weighted by Gasteiger charge is 2.31. The Morgan fingerprint density at radius 1 is 1.27 bits per heavy atom. The molecular formula is C16H17BrN4O. The van der Waals surface area contributed by atoms with E-state index in [1.807, 2.05) is 33.8 Å². The Kier molecular flexibility index (Phi) is 3.48. The van der Waals surface area contributed by atoms with Crippen LogP contribution in [0.25, 0.3) is 0 Å². The lowest BCUT2D eigenvalue weighted by molar-refractivity contribution is 0.0787. The molecule has 1 saturated heterocycles. The van der Waals surface area contributed by atoms with Crippen LogP contribution < -0.4 is 0 Å². The summed E-state index contributed by atoms with van der Waals surface area (Å²) in [5, 5.41) is 8.53. The van der Waals surface area contributed by atoms with E-state index in [0.29, 0.717) is 12.5 Å². The molecule has 1 aliphatic carbocycles. The first-order chi connectivity index (χ1) is 10.7. The fourth-order valence-electron chi connectivity index (χ4n) is 2.98. The molecule has 1 unspecified atom stereocenters. The molecule has 5 nitrogen and oxygen atoms in total. The predicted molar refractivity (Wildman–Crippen MR) is 85.7 cm³/mol. The summed E-state index contributed by atoms with van der Waals surface area (Å²) >= 11 is 3.42. The van der Waals surface area contributed by atoms with Crippen LogP contribution in [-0.4, -0.2) is 38.9 Å². The number of aromatic nitrogens is 3. The smallest absolute Gasteiger partial charge is 0.253 e. The van der Waals surface area contributed by atoms with E-state index in [1.54, 1.807) is 0 Å². The third-order valence-corrected chi connectivity index (χ3v) is 4.91. The van der Waals surface area contributed by atoms with Gasteiger partial charge in [0, 0.05) is 35.2 Å². The number of halogens is 1. The molecule has 0 radical (unpaired) electrons. The molecule has 0 spiro atoms. The van der Waals surface area contributed by atoms with Crippen molar-refractivity contribution in [1.82, 2.24) is 19.9 Å². The molecule has 22 heavy (non-hydrogen) atoms. The maximum Gasteiger partial charge on any atom is 0.253 e. The lowest BCUT2D eigenvalue weighted by atomic mass is 10.2. The maximum atomic E-state index is 12.6. The summed E-state index contributed by atoms with van der Waals surface area (Å²) in [6.07, 6.45) is 5.47. The molecule has 2 aromatic rings. The minimum Gasteiger partial charge on any atom is -0.336 e. The summed E-state index contributed by atoms with van der Waals surface area (Å²) in [5.74, 6) is 0.709. The zero-order valence-electron chi connectivity index (χ0n) is 12.2. The first kappa shape index (κ1) is 13.9. The highest BCUT2D eigenvalue weighted by atomic mass is 79.9. The van der Waals surface area contributed by atoms with Gasteiger partial charge in [-0.25, -0.2) is 4.68 Å². The average molecular weight is 361 g/mol. The van der Waals surface area contributed by atoms with Gasteiger partial charge in [-0.15, -0.1) is 5.10 Å². The summed E-state index contributed by atoms with van der Waals surface area (Å²) in [4.78, 5) is 14.5. The lowest BCUT2D eigenvalue weighted by Crippen LogP contribution is -2.29. The fourth-order valence-corrected chi connectivity index (χ4v) is 3.38. The molecule has 2 aliphatic rings. The highest BCUT2D eigenvalue weighted by Crippen LogP contribution is 2.39. The summed E-state index contributed by atoms with van der Waals surface area (Å²) in [5.41, 5.74) is 1.84. The lowest BCUT2D eigenvalue weighted by Gasteiger charge is -2.16. The third-order valence-electron chi connectivity index (χ3n) is 4.42. The van der Waals surface area contributed by atoms with Crippen LogP contribution >= 0.6 is 15.9 Å². The van der Waals surface area contributed by atoms with Crippen molar-refractivity contribution >= 4 is 21.8 Å². The van der Waals surface area contributed by atoms with Crippen molar-refractivity contribution in [3.05, 3.63) is 46.2 Å². The first-order valence-electron chi connectivity index (χ1n) is 7.67. The molecule has 1 aliphatic heterocycles. The van der Waals surface area contributed by atoms with Gasteiger partial charge in [-0.1, -0.05) is 27.2 Å². The molecule has 1 saturated carbocycles. The quantitative estimate of drug-likeness (QED) is 0.845. The van der Waals surface area contributed by atoms with Gasteiger partial charge in [0.2, 0.25) is 0 Å². The molecule has 0 N–H and O–H groups in total. The SMILES string of the molecule is O=C(c1cccc(Br)c1)N1CCC(n2cc(C3CC3)nn2)C1. The molecule has 1 aromatic carbocycles. The van der Waals surface area contributed by atoms with Gasteiger partial charge in [0.25, 0.3) is 5.91 Å². The van der Waals surface area contributed by atoms with Gasteiger partial charge in [-0.05, 0) is 37.5 Å². The number of nitrogens with zero attached hydrogens (tertiary/aromatic N) is 4. The van der Waals surface area contributed by atoms with Crippen molar-refractivity contribution in [2.75, 3.05) is 13.1 Å². The predicted octanol–water partition coefficient (Wildman–Crippen LogP) is 3.01. The number of amides is 1. The molecule has 114 valence electrons.